The molecule has 1 N–H and O–H groups in total. The van der Waals surface area contributed by atoms with Crippen molar-refractivity contribution >= 4 is 23.9 Å². The van der Waals surface area contributed by atoms with Crippen molar-refractivity contribution < 1.29 is 28.7 Å². The average Bonchev–Trinajstić information content (AvgIpc) is 2.93. The molecule has 1 aliphatic carbocycles. The highest BCUT2D eigenvalue weighted by molar-refractivity contribution is 6.09. The highest BCUT2D eigenvalue weighted by Crippen LogP contribution is 2.38. The van der Waals surface area contributed by atoms with E-state index in [9.17, 15) is 19.2 Å². The van der Waals surface area contributed by atoms with Gasteiger partial charge in [0.15, 0.2) is 0 Å². The first-order valence-corrected chi connectivity index (χ1v) is 9.34. The van der Waals surface area contributed by atoms with Crippen molar-refractivity contribution in [3.8, 4) is 0 Å². The van der Waals surface area contributed by atoms with Gasteiger partial charge in [0.2, 0.25) is 0 Å². The monoisotopic (exact) mass is 388 g/mol. The van der Waals surface area contributed by atoms with Crippen molar-refractivity contribution in [2.24, 2.45) is 5.92 Å². The molecule has 0 aromatic heterocycles. The first-order chi connectivity index (χ1) is 13.4. The van der Waals surface area contributed by atoms with Crippen molar-refractivity contribution in [1.82, 2.24) is 10.2 Å². The molecule has 150 valence electrons. The van der Waals surface area contributed by atoms with Gasteiger partial charge in [-0.2, -0.15) is 0 Å². The quantitative estimate of drug-likeness (QED) is 0.612. The Balaban J connectivity index is 1.60. The van der Waals surface area contributed by atoms with Crippen LogP contribution in [0.5, 0.6) is 0 Å². The fourth-order valence-corrected chi connectivity index (χ4v) is 3.88. The van der Waals surface area contributed by atoms with Gasteiger partial charge in [-0.15, -0.1) is 0 Å². The summed E-state index contributed by atoms with van der Waals surface area (Å²) in [4.78, 5) is 49.9. The van der Waals surface area contributed by atoms with Crippen molar-refractivity contribution in [3.05, 3.63) is 35.4 Å². The van der Waals surface area contributed by atoms with Gasteiger partial charge in [0.25, 0.3) is 5.91 Å². The molecule has 28 heavy (non-hydrogen) atoms. The SMILES string of the molecule is COC(=O)c1cccc(COC(=O)CN2C(=O)N[C@@]3(CCCC[C@@H]3C)C2=O)c1. The minimum atomic E-state index is -0.898. The van der Waals surface area contributed by atoms with E-state index in [4.69, 9.17) is 4.74 Å². The zero-order valence-corrected chi connectivity index (χ0v) is 16.0. The lowest BCUT2D eigenvalue weighted by molar-refractivity contribution is -0.149. The Morgan fingerprint density at radius 1 is 1.29 bits per heavy atom. The molecular weight excluding hydrogens is 364 g/mol. The molecule has 1 saturated carbocycles. The number of rotatable bonds is 5. The van der Waals surface area contributed by atoms with Crippen molar-refractivity contribution in [2.45, 2.75) is 44.8 Å². The number of imide groups is 1. The van der Waals surface area contributed by atoms with Gasteiger partial charge in [0, 0.05) is 0 Å². The minimum Gasteiger partial charge on any atom is -0.465 e. The second kappa shape index (κ2) is 8.00. The summed E-state index contributed by atoms with van der Waals surface area (Å²) in [6.45, 7) is 1.44. The number of methoxy groups -OCH3 is 1. The van der Waals surface area contributed by atoms with E-state index in [2.05, 4.69) is 10.1 Å². The van der Waals surface area contributed by atoms with Gasteiger partial charge in [-0.3, -0.25) is 14.5 Å². The van der Waals surface area contributed by atoms with Gasteiger partial charge in [0.1, 0.15) is 18.7 Å². The molecule has 0 unspecified atom stereocenters. The molecule has 1 saturated heterocycles. The Labute approximate surface area is 163 Å². The maximum atomic E-state index is 12.8. The summed E-state index contributed by atoms with van der Waals surface area (Å²) in [6.07, 6.45) is 3.34. The molecule has 1 heterocycles. The molecule has 0 radical (unpaired) electrons. The Kier molecular flexibility index (Phi) is 5.67. The molecule has 3 rings (SSSR count). The van der Waals surface area contributed by atoms with Gasteiger partial charge < -0.3 is 14.8 Å². The summed E-state index contributed by atoms with van der Waals surface area (Å²) < 4.78 is 9.85. The first-order valence-electron chi connectivity index (χ1n) is 9.34. The van der Waals surface area contributed by atoms with Crippen LogP contribution < -0.4 is 5.32 Å². The molecule has 8 nitrogen and oxygen atoms in total. The van der Waals surface area contributed by atoms with Crippen molar-refractivity contribution in [3.63, 3.8) is 0 Å². The third-order valence-corrected chi connectivity index (χ3v) is 5.54. The Morgan fingerprint density at radius 2 is 2.07 bits per heavy atom. The Bertz CT molecular complexity index is 808. The number of ether oxygens (including phenoxy) is 2. The number of hydrogen-bond donors (Lipinski definition) is 1. The van der Waals surface area contributed by atoms with E-state index in [-0.39, 0.29) is 18.4 Å². The van der Waals surface area contributed by atoms with Gasteiger partial charge >= 0.3 is 18.0 Å². The van der Waals surface area contributed by atoms with Crippen molar-refractivity contribution in [2.75, 3.05) is 13.7 Å². The number of hydrogen-bond acceptors (Lipinski definition) is 6. The van der Waals surface area contributed by atoms with Crippen LogP contribution in [0, 0.1) is 5.92 Å². The molecule has 2 atom stereocenters. The third-order valence-electron chi connectivity index (χ3n) is 5.54. The average molecular weight is 388 g/mol. The van der Waals surface area contributed by atoms with Crippen molar-refractivity contribution in [1.29, 1.82) is 0 Å². The number of esters is 2. The number of benzene rings is 1. The van der Waals surface area contributed by atoms with Crippen LogP contribution in [0.3, 0.4) is 0 Å². The Morgan fingerprint density at radius 3 is 2.79 bits per heavy atom. The number of amides is 3. The van der Waals surface area contributed by atoms with Gasteiger partial charge in [-0.05, 0) is 36.5 Å². The lowest BCUT2D eigenvalue weighted by Gasteiger charge is -2.36. The van der Waals surface area contributed by atoms with Crippen LogP contribution in [-0.4, -0.2) is 48.0 Å². The summed E-state index contributed by atoms with van der Waals surface area (Å²) in [5.74, 6) is -1.50. The summed E-state index contributed by atoms with van der Waals surface area (Å²) >= 11 is 0. The van der Waals surface area contributed by atoms with Crippen LogP contribution in [-0.2, 0) is 25.7 Å². The van der Waals surface area contributed by atoms with E-state index in [1.54, 1.807) is 24.3 Å². The van der Waals surface area contributed by atoms with E-state index in [1.807, 2.05) is 6.92 Å². The molecule has 1 aliphatic heterocycles. The largest absolute Gasteiger partial charge is 0.465 e. The topological polar surface area (TPSA) is 102 Å². The van der Waals surface area contributed by atoms with Gasteiger partial charge in [-0.25, -0.2) is 9.59 Å². The molecule has 2 fully saturated rings. The summed E-state index contributed by atoms with van der Waals surface area (Å²) in [6, 6.07) is 5.96. The molecule has 3 amide bonds. The Hall–Kier alpha value is -2.90. The standard InChI is InChI=1S/C20H24N2O6/c1-13-6-3-4-9-20(13)18(25)22(19(26)21-20)11-16(23)28-12-14-7-5-8-15(10-14)17(24)27-2/h5,7-8,10,13H,3-4,6,9,11-12H2,1-2H3,(H,21,26)/t13-,20+/m0/s1. The minimum absolute atomic E-state index is 0.0276. The number of nitrogens with one attached hydrogen (secondary N) is 1. The summed E-state index contributed by atoms with van der Waals surface area (Å²) in [5, 5.41) is 2.80. The normalized spacial score (nSPS) is 24.2. The molecule has 8 heteroatoms. The lowest BCUT2D eigenvalue weighted by Crippen LogP contribution is -2.54. The van der Waals surface area contributed by atoms with Crippen LogP contribution in [0.25, 0.3) is 0 Å². The summed E-state index contributed by atoms with van der Waals surface area (Å²) in [7, 11) is 1.28. The van der Waals surface area contributed by atoms with Gasteiger partial charge in [0.05, 0.1) is 12.7 Å². The smallest absolute Gasteiger partial charge is 0.337 e. The number of nitrogens with zero attached hydrogens (tertiary/aromatic N) is 1. The molecular formula is C20H24N2O6. The molecule has 1 aromatic carbocycles. The second-order valence-corrected chi connectivity index (χ2v) is 7.29. The highest BCUT2D eigenvalue weighted by Gasteiger charge is 2.55. The first kappa shape index (κ1) is 19.9. The maximum absolute atomic E-state index is 12.8. The molecule has 1 aromatic rings. The summed E-state index contributed by atoms with van der Waals surface area (Å²) in [5.41, 5.74) is 0.0500. The zero-order valence-electron chi connectivity index (χ0n) is 16.0. The number of carbonyl (C=O) groups is 4. The van der Waals surface area contributed by atoms with Crippen LogP contribution >= 0.6 is 0 Å². The maximum Gasteiger partial charge on any atom is 0.337 e. The predicted octanol–water partition coefficient (Wildman–Crippen LogP) is 2.02. The van der Waals surface area contributed by atoms with Crippen LogP contribution in [0.15, 0.2) is 24.3 Å². The predicted molar refractivity (Wildman–Crippen MR) is 98.2 cm³/mol. The van der Waals surface area contributed by atoms with E-state index >= 15 is 0 Å². The van der Waals surface area contributed by atoms with E-state index in [1.165, 1.54) is 7.11 Å². The highest BCUT2D eigenvalue weighted by atomic mass is 16.5. The van der Waals surface area contributed by atoms with Gasteiger partial charge in [-0.1, -0.05) is 31.9 Å². The molecule has 1 spiro atoms. The third kappa shape index (κ3) is 3.72. The number of carbonyl (C=O) groups excluding carboxylic acids is 4. The van der Waals surface area contributed by atoms with Crippen LogP contribution in [0.1, 0.15) is 48.5 Å². The molecule has 0 bridgehead atoms. The zero-order chi connectivity index (χ0) is 20.3. The van der Waals surface area contributed by atoms with E-state index < -0.39 is 30.1 Å². The fourth-order valence-electron chi connectivity index (χ4n) is 3.88. The lowest BCUT2D eigenvalue weighted by atomic mass is 9.73. The van der Waals surface area contributed by atoms with E-state index in [0.717, 1.165) is 24.2 Å². The number of urea groups is 1. The van der Waals surface area contributed by atoms with E-state index in [0.29, 0.717) is 17.5 Å². The second-order valence-electron chi connectivity index (χ2n) is 7.29. The molecule has 2 aliphatic rings. The fraction of sp³-hybridized carbons (Fsp3) is 0.500. The van der Waals surface area contributed by atoms with Crippen LogP contribution in [0.4, 0.5) is 4.79 Å². The van der Waals surface area contributed by atoms with Crippen LogP contribution in [0.2, 0.25) is 0 Å².